The molecule has 1 aromatic heterocycles. The Kier molecular flexibility index (Phi) is 4.64. The van der Waals surface area contributed by atoms with Crippen LogP contribution >= 0.6 is 0 Å². The second-order valence-corrected chi connectivity index (χ2v) is 7.80. The lowest BCUT2D eigenvalue weighted by atomic mass is 9.86. The molecule has 1 aliphatic heterocycles. The molecule has 2 heterocycles. The summed E-state index contributed by atoms with van der Waals surface area (Å²) in [6.45, 7) is 10.1. The Balaban J connectivity index is 1.70. The van der Waals surface area contributed by atoms with Gasteiger partial charge in [0.1, 0.15) is 17.7 Å². The fraction of sp³-hybridized carbons (Fsp3) is 0.526. The third-order valence-electron chi connectivity index (χ3n) is 4.95. The Bertz CT molecular complexity index is 759. The topological polar surface area (TPSA) is 71.2 Å². The second kappa shape index (κ2) is 6.59. The van der Waals surface area contributed by atoms with Gasteiger partial charge in [0.2, 0.25) is 0 Å². The number of aliphatic carboxylic acids is 1. The minimum Gasteiger partial charge on any atom is -0.480 e. The molecule has 0 amide bonds. The first-order chi connectivity index (χ1) is 11.8. The predicted octanol–water partition coefficient (Wildman–Crippen LogP) is 2.40. The van der Waals surface area contributed by atoms with E-state index in [2.05, 4.69) is 55.2 Å². The van der Waals surface area contributed by atoms with Crippen molar-refractivity contribution < 1.29 is 9.90 Å². The smallest absolute Gasteiger partial charge is 0.322 e. The van der Waals surface area contributed by atoms with Crippen LogP contribution in [0.25, 0.3) is 0 Å². The van der Waals surface area contributed by atoms with Crippen LogP contribution in [0, 0.1) is 6.92 Å². The minimum absolute atomic E-state index is 0.141. The molecule has 0 saturated carbocycles. The molecule has 3 rings (SSSR count). The Morgan fingerprint density at radius 3 is 2.52 bits per heavy atom. The summed E-state index contributed by atoms with van der Waals surface area (Å²) in [6.07, 6.45) is 0.821. The van der Waals surface area contributed by atoms with Crippen molar-refractivity contribution in [3.63, 3.8) is 0 Å². The molecule has 6 heteroatoms. The number of hydrogen-bond donors (Lipinski definition) is 1. The van der Waals surface area contributed by atoms with Crippen molar-refractivity contribution >= 4 is 5.97 Å². The van der Waals surface area contributed by atoms with Crippen LogP contribution in [0.1, 0.15) is 43.5 Å². The van der Waals surface area contributed by atoms with Gasteiger partial charge in [-0.2, -0.15) is 0 Å². The fourth-order valence-electron chi connectivity index (χ4n) is 3.27. The van der Waals surface area contributed by atoms with Crippen molar-refractivity contribution in [3.8, 4) is 0 Å². The summed E-state index contributed by atoms with van der Waals surface area (Å²) in [4.78, 5) is 13.7. The van der Waals surface area contributed by atoms with E-state index in [-0.39, 0.29) is 5.41 Å². The monoisotopic (exact) mass is 342 g/mol. The molecule has 1 aromatic carbocycles. The summed E-state index contributed by atoms with van der Waals surface area (Å²) >= 11 is 0. The molecule has 0 spiro atoms. The number of rotatable bonds is 4. The Hall–Kier alpha value is -2.21. The first-order valence-corrected chi connectivity index (χ1v) is 8.70. The van der Waals surface area contributed by atoms with E-state index >= 15 is 0 Å². The lowest BCUT2D eigenvalue weighted by molar-refractivity contribution is -0.145. The van der Waals surface area contributed by atoms with Crippen molar-refractivity contribution in [2.75, 3.05) is 6.54 Å². The first kappa shape index (κ1) is 17.6. The molecule has 0 saturated heterocycles. The molecule has 0 bridgehead atoms. The Morgan fingerprint density at radius 2 is 1.92 bits per heavy atom. The van der Waals surface area contributed by atoms with Crippen LogP contribution in [0.4, 0.5) is 0 Å². The maximum atomic E-state index is 11.7. The molecule has 2 aromatic rings. The van der Waals surface area contributed by atoms with E-state index in [0.717, 1.165) is 18.1 Å². The Labute approximate surface area is 148 Å². The van der Waals surface area contributed by atoms with Crippen LogP contribution < -0.4 is 0 Å². The molecule has 0 radical (unpaired) electrons. The van der Waals surface area contributed by atoms with Crippen molar-refractivity contribution in [2.24, 2.45) is 0 Å². The molecule has 1 aliphatic rings. The third-order valence-corrected chi connectivity index (χ3v) is 4.95. The highest BCUT2D eigenvalue weighted by molar-refractivity contribution is 5.73. The maximum absolute atomic E-state index is 11.7. The number of benzene rings is 1. The fourth-order valence-corrected chi connectivity index (χ4v) is 3.27. The molecule has 0 fully saturated rings. The predicted molar refractivity (Wildman–Crippen MR) is 95.4 cm³/mol. The number of carbonyl (C=O) groups is 1. The number of carboxylic acid groups (broad SMARTS) is 1. The largest absolute Gasteiger partial charge is 0.480 e. The van der Waals surface area contributed by atoms with Gasteiger partial charge in [-0.05, 0) is 29.9 Å². The van der Waals surface area contributed by atoms with E-state index in [9.17, 15) is 9.90 Å². The first-order valence-electron chi connectivity index (χ1n) is 8.70. The summed E-state index contributed by atoms with van der Waals surface area (Å²) in [5.41, 5.74) is 2.67. The van der Waals surface area contributed by atoms with Crippen molar-refractivity contribution in [3.05, 3.63) is 47.0 Å². The van der Waals surface area contributed by atoms with Gasteiger partial charge >= 0.3 is 5.97 Å². The number of nitrogens with zero attached hydrogens (tertiary/aromatic N) is 4. The number of fused-ring (bicyclic) bond motifs is 1. The summed E-state index contributed by atoms with van der Waals surface area (Å²) in [5.74, 6) is 0.832. The highest BCUT2D eigenvalue weighted by Crippen LogP contribution is 2.23. The number of aryl methyl sites for hydroxylation is 1. The summed E-state index contributed by atoms with van der Waals surface area (Å²) in [5, 5.41) is 17.8. The van der Waals surface area contributed by atoms with Crippen LogP contribution in [-0.2, 0) is 29.7 Å². The molecular formula is C19H26N4O2. The molecule has 1 atom stereocenters. The number of carboxylic acids is 1. The van der Waals surface area contributed by atoms with Crippen molar-refractivity contribution in [1.82, 2.24) is 19.7 Å². The lowest BCUT2D eigenvalue weighted by Crippen LogP contribution is -2.48. The zero-order valence-corrected chi connectivity index (χ0v) is 15.4. The van der Waals surface area contributed by atoms with Gasteiger partial charge in [-0.1, -0.05) is 45.0 Å². The quantitative estimate of drug-likeness (QED) is 0.924. The van der Waals surface area contributed by atoms with Gasteiger partial charge in [-0.25, -0.2) is 0 Å². The van der Waals surface area contributed by atoms with Gasteiger partial charge in [0.15, 0.2) is 0 Å². The van der Waals surface area contributed by atoms with Crippen LogP contribution in [-0.4, -0.2) is 43.3 Å². The summed E-state index contributed by atoms with van der Waals surface area (Å²) < 4.78 is 1.91. The second-order valence-electron chi connectivity index (χ2n) is 7.80. The van der Waals surface area contributed by atoms with Crippen molar-refractivity contribution in [1.29, 1.82) is 0 Å². The van der Waals surface area contributed by atoms with Gasteiger partial charge in [-0.15, -0.1) is 10.2 Å². The van der Waals surface area contributed by atoms with Crippen LogP contribution in [0.3, 0.4) is 0 Å². The number of aromatic nitrogens is 3. The van der Waals surface area contributed by atoms with Crippen LogP contribution in [0.5, 0.6) is 0 Å². The van der Waals surface area contributed by atoms with Crippen LogP contribution in [0.2, 0.25) is 0 Å². The zero-order valence-electron chi connectivity index (χ0n) is 15.4. The highest BCUT2D eigenvalue weighted by Gasteiger charge is 2.33. The van der Waals surface area contributed by atoms with Gasteiger partial charge < -0.3 is 9.67 Å². The van der Waals surface area contributed by atoms with E-state index in [4.69, 9.17) is 0 Å². The average molecular weight is 342 g/mol. The normalized spacial score (nSPS) is 18.2. The van der Waals surface area contributed by atoms with Gasteiger partial charge in [0, 0.05) is 6.54 Å². The molecule has 6 nitrogen and oxygen atoms in total. The SMILES string of the molecule is Cc1nnc2n1CC(C(=O)O)N(CCc1ccc(C(C)(C)C)cc1)C2. The van der Waals surface area contributed by atoms with Crippen LogP contribution in [0.15, 0.2) is 24.3 Å². The summed E-state index contributed by atoms with van der Waals surface area (Å²) in [7, 11) is 0. The van der Waals surface area contributed by atoms with E-state index in [0.29, 0.717) is 19.6 Å². The van der Waals surface area contributed by atoms with Gasteiger partial charge in [0.25, 0.3) is 0 Å². The van der Waals surface area contributed by atoms with E-state index in [1.807, 2.05) is 16.4 Å². The minimum atomic E-state index is -0.790. The van der Waals surface area contributed by atoms with Gasteiger partial charge in [0.05, 0.1) is 13.1 Å². The number of hydrogen-bond acceptors (Lipinski definition) is 4. The molecule has 25 heavy (non-hydrogen) atoms. The van der Waals surface area contributed by atoms with E-state index in [1.165, 1.54) is 11.1 Å². The van der Waals surface area contributed by atoms with Crippen molar-refractivity contribution in [2.45, 2.75) is 58.7 Å². The standard InChI is InChI=1S/C19H26N4O2/c1-13-20-21-17-12-22(16(18(24)25)11-23(13)17)10-9-14-5-7-15(8-6-14)19(2,3)4/h5-8,16H,9-12H2,1-4H3,(H,24,25). The van der Waals surface area contributed by atoms with E-state index in [1.54, 1.807) is 0 Å². The van der Waals surface area contributed by atoms with Gasteiger partial charge in [-0.3, -0.25) is 9.69 Å². The lowest BCUT2D eigenvalue weighted by Gasteiger charge is -2.33. The third kappa shape index (κ3) is 3.74. The molecule has 0 aliphatic carbocycles. The van der Waals surface area contributed by atoms with E-state index < -0.39 is 12.0 Å². The molecule has 134 valence electrons. The maximum Gasteiger partial charge on any atom is 0.322 e. The Morgan fingerprint density at radius 1 is 1.24 bits per heavy atom. The highest BCUT2D eigenvalue weighted by atomic mass is 16.4. The average Bonchev–Trinajstić information content (AvgIpc) is 2.92. The molecule has 1 N–H and O–H groups in total. The summed E-state index contributed by atoms with van der Waals surface area (Å²) in [6, 6.07) is 8.09. The molecule has 1 unspecified atom stereocenters. The molecular weight excluding hydrogens is 316 g/mol. The zero-order chi connectivity index (χ0) is 18.2.